The minimum absolute atomic E-state index is 0.183. The SMILES string of the molecule is CC(C)(C)c1ccc(/C=C/c2ccc(Nc3ccc(/C=C/c4ccc([Si](C)(C)C)cc4)cc3)cc2)cc1. The van der Waals surface area contributed by atoms with E-state index in [-0.39, 0.29) is 5.41 Å². The molecule has 4 aromatic rings. The Kier molecular flexibility index (Phi) is 7.99. The van der Waals surface area contributed by atoms with Crippen LogP contribution < -0.4 is 10.5 Å². The molecule has 1 nitrogen and oxygen atoms in total. The predicted molar refractivity (Wildman–Crippen MR) is 169 cm³/mol. The minimum atomic E-state index is -1.25. The zero-order valence-corrected chi connectivity index (χ0v) is 24.0. The standard InChI is InChI=1S/C35H39NSi/c1-35(2,3)31-19-11-27(12-20-31)7-8-28-13-21-32(22-14-28)36-33-23-15-29(16-24-33)9-10-30-17-25-34(26-18-30)37(4,5)6/h7-26,36H,1-6H3/b8-7+,10-9+. The van der Waals surface area contributed by atoms with Gasteiger partial charge in [-0.2, -0.15) is 0 Å². The molecule has 0 radical (unpaired) electrons. The third-order valence-corrected chi connectivity index (χ3v) is 8.67. The summed E-state index contributed by atoms with van der Waals surface area (Å²) in [6.45, 7) is 13.9. The van der Waals surface area contributed by atoms with E-state index < -0.39 is 8.07 Å². The highest BCUT2D eigenvalue weighted by Crippen LogP contribution is 2.23. The van der Waals surface area contributed by atoms with Crippen LogP contribution in [0.25, 0.3) is 24.3 Å². The molecule has 0 heterocycles. The van der Waals surface area contributed by atoms with Gasteiger partial charge in [-0.1, -0.05) is 143 Å². The van der Waals surface area contributed by atoms with Crippen molar-refractivity contribution >= 4 is 48.9 Å². The second-order valence-electron chi connectivity index (χ2n) is 11.8. The lowest BCUT2D eigenvalue weighted by Crippen LogP contribution is -2.37. The van der Waals surface area contributed by atoms with Crippen molar-refractivity contribution in [3.8, 4) is 0 Å². The highest BCUT2D eigenvalue weighted by molar-refractivity contribution is 6.88. The second kappa shape index (κ2) is 11.2. The summed E-state index contributed by atoms with van der Waals surface area (Å²) >= 11 is 0. The quantitative estimate of drug-likeness (QED) is 0.196. The van der Waals surface area contributed by atoms with Crippen LogP contribution >= 0.6 is 0 Å². The summed E-state index contributed by atoms with van der Waals surface area (Å²) in [5, 5.41) is 5.00. The molecule has 0 atom stereocenters. The summed E-state index contributed by atoms with van der Waals surface area (Å²) in [5.41, 5.74) is 8.53. The van der Waals surface area contributed by atoms with Crippen LogP contribution in [0.1, 0.15) is 48.6 Å². The topological polar surface area (TPSA) is 12.0 Å². The molecule has 188 valence electrons. The lowest BCUT2D eigenvalue weighted by atomic mass is 9.87. The fourth-order valence-electron chi connectivity index (χ4n) is 4.10. The maximum atomic E-state index is 3.50. The smallest absolute Gasteiger partial charge is 0.0775 e. The molecule has 4 aromatic carbocycles. The Morgan fingerprint density at radius 1 is 0.486 bits per heavy atom. The Labute approximate surface area is 224 Å². The van der Waals surface area contributed by atoms with E-state index in [1.165, 1.54) is 33.0 Å². The molecule has 4 rings (SSSR count). The Morgan fingerprint density at radius 3 is 1.14 bits per heavy atom. The molecule has 0 spiro atoms. The van der Waals surface area contributed by atoms with E-state index in [2.05, 4.69) is 167 Å². The largest absolute Gasteiger partial charge is 0.356 e. The molecule has 0 unspecified atom stereocenters. The van der Waals surface area contributed by atoms with Crippen molar-refractivity contribution in [1.82, 2.24) is 0 Å². The summed E-state index contributed by atoms with van der Waals surface area (Å²) in [6, 6.07) is 34.9. The third kappa shape index (κ3) is 7.68. The molecule has 0 saturated heterocycles. The first-order valence-corrected chi connectivity index (χ1v) is 16.6. The molecule has 37 heavy (non-hydrogen) atoms. The number of hydrogen-bond donors (Lipinski definition) is 1. The first-order chi connectivity index (χ1) is 17.6. The lowest BCUT2D eigenvalue weighted by molar-refractivity contribution is 0.590. The van der Waals surface area contributed by atoms with Crippen LogP contribution in [0.3, 0.4) is 0 Å². The van der Waals surface area contributed by atoms with E-state index in [0.717, 1.165) is 11.4 Å². The van der Waals surface area contributed by atoms with Crippen molar-refractivity contribution in [2.24, 2.45) is 0 Å². The Bertz CT molecular complexity index is 1240. The van der Waals surface area contributed by atoms with Gasteiger partial charge >= 0.3 is 0 Å². The van der Waals surface area contributed by atoms with Crippen LogP contribution in [0.15, 0.2) is 97.1 Å². The van der Waals surface area contributed by atoms with Crippen molar-refractivity contribution in [2.45, 2.75) is 45.8 Å². The van der Waals surface area contributed by atoms with Gasteiger partial charge in [-0.25, -0.2) is 0 Å². The fraction of sp³-hybridized carbons (Fsp3) is 0.200. The van der Waals surface area contributed by atoms with Crippen molar-refractivity contribution in [1.29, 1.82) is 0 Å². The monoisotopic (exact) mass is 501 g/mol. The fourth-order valence-corrected chi connectivity index (χ4v) is 5.26. The zero-order chi connectivity index (χ0) is 26.5. The summed E-state index contributed by atoms with van der Waals surface area (Å²) in [5.74, 6) is 0. The highest BCUT2D eigenvalue weighted by atomic mass is 28.3. The molecule has 1 N–H and O–H groups in total. The maximum absolute atomic E-state index is 3.50. The molecule has 0 aliphatic heterocycles. The summed E-state index contributed by atoms with van der Waals surface area (Å²) in [6.07, 6.45) is 8.68. The summed E-state index contributed by atoms with van der Waals surface area (Å²) < 4.78 is 0. The van der Waals surface area contributed by atoms with Gasteiger partial charge in [0.25, 0.3) is 0 Å². The van der Waals surface area contributed by atoms with Gasteiger partial charge in [-0.15, -0.1) is 0 Å². The molecule has 2 heteroatoms. The normalized spacial score (nSPS) is 12.4. The first-order valence-electron chi connectivity index (χ1n) is 13.1. The van der Waals surface area contributed by atoms with E-state index in [4.69, 9.17) is 0 Å². The van der Waals surface area contributed by atoms with Crippen LogP contribution in [0.4, 0.5) is 11.4 Å². The molecular weight excluding hydrogens is 462 g/mol. The number of rotatable bonds is 7. The van der Waals surface area contributed by atoms with Crippen LogP contribution in [0, 0.1) is 0 Å². The van der Waals surface area contributed by atoms with Gasteiger partial charge in [0.15, 0.2) is 0 Å². The molecule has 0 bridgehead atoms. The second-order valence-corrected chi connectivity index (χ2v) is 16.9. The van der Waals surface area contributed by atoms with Gasteiger partial charge in [0.05, 0.1) is 8.07 Å². The van der Waals surface area contributed by atoms with Gasteiger partial charge in [0, 0.05) is 11.4 Å². The predicted octanol–water partition coefficient (Wildman–Crippen LogP) is 9.61. The number of hydrogen-bond acceptors (Lipinski definition) is 1. The number of benzene rings is 4. The van der Waals surface area contributed by atoms with Gasteiger partial charge in [-0.3, -0.25) is 0 Å². The molecule has 0 amide bonds. The number of nitrogens with one attached hydrogen (secondary N) is 1. The van der Waals surface area contributed by atoms with E-state index in [1.807, 2.05) is 0 Å². The van der Waals surface area contributed by atoms with E-state index in [0.29, 0.717) is 0 Å². The Hall–Kier alpha value is -3.62. The van der Waals surface area contributed by atoms with Crippen molar-refractivity contribution in [3.05, 3.63) is 125 Å². The Balaban J connectivity index is 1.33. The van der Waals surface area contributed by atoms with Gasteiger partial charge in [0.2, 0.25) is 0 Å². The van der Waals surface area contributed by atoms with E-state index in [9.17, 15) is 0 Å². The van der Waals surface area contributed by atoms with Gasteiger partial charge in [-0.05, 0) is 57.5 Å². The average Bonchev–Trinajstić information content (AvgIpc) is 2.87. The first kappa shape index (κ1) is 26.4. The lowest BCUT2D eigenvalue weighted by Gasteiger charge is -2.18. The molecule has 0 aromatic heterocycles. The molecule has 0 fully saturated rings. The van der Waals surface area contributed by atoms with Crippen LogP contribution in [-0.4, -0.2) is 8.07 Å². The number of anilines is 2. The van der Waals surface area contributed by atoms with Gasteiger partial charge < -0.3 is 5.32 Å². The van der Waals surface area contributed by atoms with E-state index in [1.54, 1.807) is 0 Å². The maximum Gasteiger partial charge on any atom is 0.0775 e. The zero-order valence-electron chi connectivity index (χ0n) is 23.0. The summed E-state index contributed by atoms with van der Waals surface area (Å²) in [7, 11) is -1.25. The van der Waals surface area contributed by atoms with Crippen LogP contribution in [0.5, 0.6) is 0 Å². The van der Waals surface area contributed by atoms with E-state index >= 15 is 0 Å². The van der Waals surface area contributed by atoms with Crippen molar-refractivity contribution < 1.29 is 0 Å². The average molecular weight is 502 g/mol. The Morgan fingerprint density at radius 2 is 0.811 bits per heavy atom. The molecule has 0 saturated carbocycles. The van der Waals surface area contributed by atoms with Gasteiger partial charge in [0.1, 0.15) is 0 Å². The van der Waals surface area contributed by atoms with Crippen molar-refractivity contribution in [2.75, 3.05) is 5.32 Å². The third-order valence-electron chi connectivity index (χ3n) is 6.60. The molecule has 0 aliphatic carbocycles. The minimum Gasteiger partial charge on any atom is -0.356 e. The highest BCUT2D eigenvalue weighted by Gasteiger charge is 2.15. The molecular formula is C35H39NSi. The van der Waals surface area contributed by atoms with Crippen LogP contribution in [0.2, 0.25) is 19.6 Å². The summed E-state index contributed by atoms with van der Waals surface area (Å²) in [4.78, 5) is 0. The molecule has 0 aliphatic rings. The van der Waals surface area contributed by atoms with Crippen LogP contribution in [-0.2, 0) is 5.41 Å². The van der Waals surface area contributed by atoms with Crippen molar-refractivity contribution in [3.63, 3.8) is 0 Å².